The topological polar surface area (TPSA) is 40.5 Å². The highest BCUT2D eigenvalue weighted by Crippen LogP contribution is 2.24. The van der Waals surface area contributed by atoms with Crippen LogP contribution in [0.5, 0.6) is 0 Å². The highest BCUT2D eigenvalue weighted by molar-refractivity contribution is 6.34. The second-order valence-electron chi connectivity index (χ2n) is 3.68. The van der Waals surface area contributed by atoms with E-state index >= 15 is 0 Å². The van der Waals surface area contributed by atoms with Crippen LogP contribution < -0.4 is 4.90 Å². The van der Waals surface area contributed by atoms with Crippen molar-refractivity contribution in [1.82, 2.24) is 0 Å². The number of hydrogen-bond donors (Lipinski definition) is 1. The number of aliphatic hydroxyl groups excluding tert-OH is 1. The van der Waals surface area contributed by atoms with E-state index in [2.05, 4.69) is 6.58 Å². The molecule has 4 heteroatoms. The van der Waals surface area contributed by atoms with Crippen LogP contribution in [-0.4, -0.2) is 30.6 Å². The number of anilines is 1. The highest BCUT2D eigenvalue weighted by Gasteiger charge is 2.09. The first-order valence-corrected chi connectivity index (χ1v) is 5.75. The van der Waals surface area contributed by atoms with Gasteiger partial charge in [0.2, 0.25) is 0 Å². The molecule has 0 radical (unpaired) electrons. The Morgan fingerprint density at radius 1 is 1.59 bits per heavy atom. The lowest BCUT2D eigenvalue weighted by molar-refractivity contribution is 0.101. The Morgan fingerprint density at radius 3 is 2.76 bits per heavy atom. The number of ketones is 1. The molecule has 0 aliphatic rings. The molecule has 0 saturated heterocycles. The lowest BCUT2D eigenvalue weighted by atomic mass is 10.1. The number of nitrogens with zero attached hydrogens (tertiary/aromatic N) is 1. The molecule has 0 atom stereocenters. The van der Waals surface area contributed by atoms with Gasteiger partial charge in [-0.25, -0.2) is 0 Å². The number of rotatable bonds is 6. The van der Waals surface area contributed by atoms with Crippen LogP contribution in [0.1, 0.15) is 17.3 Å². The number of halogens is 1. The fourth-order valence-corrected chi connectivity index (χ4v) is 1.90. The molecule has 0 spiro atoms. The molecule has 92 valence electrons. The predicted octanol–water partition coefficient (Wildman–Crippen LogP) is 2.53. The van der Waals surface area contributed by atoms with Gasteiger partial charge in [-0.2, -0.15) is 0 Å². The van der Waals surface area contributed by atoms with Crippen molar-refractivity contribution in [3.63, 3.8) is 0 Å². The molecule has 0 fully saturated rings. The quantitative estimate of drug-likeness (QED) is 0.626. The summed E-state index contributed by atoms with van der Waals surface area (Å²) >= 11 is 6.03. The summed E-state index contributed by atoms with van der Waals surface area (Å²) in [4.78, 5) is 13.2. The van der Waals surface area contributed by atoms with Gasteiger partial charge in [0.25, 0.3) is 0 Å². The van der Waals surface area contributed by atoms with E-state index < -0.39 is 0 Å². The second-order valence-corrected chi connectivity index (χ2v) is 4.09. The standard InChI is InChI=1S/C13H16ClNO2/c1-3-6-15(7-8-16)11-4-5-12(10(2)17)13(14)9-11/h3-5,9,16H,1,6-8H2,2H3. The maximum absolute atomic E-state index is 11.2. The minimum Gasteiger partial charge on any atom is -0.395 e. The van der Waals surface area contributed by atoms with Gasteiger partial charge >= 0.3 is 0 Å². The molecule has 0 heterocycles. The average molecular weight is 254 g/mol. The van der Waals surface area contributed by atoms with E-state index in [1.54, 1.807) is 18.2 Å². The first-order valence-electron chi connectivity index (χ1n) is 5.37. The summed E-state index contributed by atoms with van der Waals surface area (Å²) in [6.07, 6.45) is 1.75. The fraction of sp³-hybridized carbons (Fsp3) is 0.308. The summed E-state index contributed by atoms with van der Waals surface area (Å²) in [5, 5.41) is 9.41. The molecule has 0 bridgehead atoms. The number of hydrogen-bond acceptors (Lipinski definition) is 3. The largest absolute Gasteiger partial charge is 0.395 e. The van der Waals surface area contributed by atoms with Crippen molar-refractivity contribution in [2.75, 3.05) is 24.6 Å². The predicted molar refractivity (Wildman–Crippen MR) is 71.0 cm³/mol. The van der Waals surface area contributed by atoms with Gasteiger partial charge in [-0.15, -0.1) is 6.58 Å². The molecule has 0 saturated carbocycles. The normalized spacial score (nSPS) is 10.1. The summed E-state index contributed by atoms with van der Waals surface area (Å²) in [6, 6.07) is 5.26. The van der Waals surface area contributed by atoms with Crippen molar-refractivity contribution >= 4 is 23.1 Å². The maximum atomic E-state index is 11.2. The lowest BCUT2D eigenvalue weighted by Gasteiger charge is -2.22. The molecule has 1 aromatic carbocycles. The minimum atomic E-state index is -0.0565. The average Bonchev–Trinajstić information content (AvgIpc) is 2.28. The Bertz CT molecular complexity index is 418. The Labute approximate surface area is 106 Å². The van der Waals surface area contributed by atoms with Gasteiger partial charge in [0.15, 0.2) is 5.78 Å². The van der Waals surface area contributed by atoms with Gasteiger partial charge < -0.3 is 10.0 Å². The molecule has 1 N–H and O–H groups in total. The zero-order chi connectivity index (χ0) is 12.8. The van der Waals surface area contributed by atoms with Crippen LogP contribution in [0.25, 0.3) is 0 Å². The molecule has 1 aromatic rings. The SMILES string of the molecule is C=CCN(CCO)c1ccc(C(C)=O)c(Cl)c1. The third kappa shape index (κ3) is 3.58. The van der Waals surface area contributed by atoms with Crippen LogP contribution in [0.15, 0.2) is 30.9 Å². The number of benzene rings is 1. The van der Waals surface area contributed by atoms with Crippen molar-refractivity contribution in [3.05, 3.63) is 41.4 Å². The van der Waals surface area contributed by atoms with Gasteiger partial charge in [0, 0.05) is 24.3 Å². The van der Waals surface area contributed by atoms with Gasteiger partial charge in [-0.3, -0.25) is 4.79 Å². The molecular weight excluding hydrogens is 238 g/mol. The second kappa shape index (κ2) is 6.42. The van der Waals surface area contributed by atoms with Crippen molar-refractivity contribution < 1.29 is 9.90 Å². The van der Waals surface area contributed by atoms with Gasteiger partial charge in [-0.1, -0.05) is 17.7 Å². The summed E-state index contributed by atoms with van der Waals surface area (Å²) in [7, 11) is 0. The Kier molecular flexibility index (Phi) is 5.19. The molecule has 0 aliphatic heterocycles. The van der Waals surface area contributed by atoms with Gasteiger partial charge in [0.1, 0.15) is 0 Å². The Morgan fingerprint density at radius 2 is 2.29 bits per heavy atom. The van der Waals surface area contributed by atoms with Crippen LogP contribution in [0.2, 0.25) is 5.02 Å². The first-order chi connectivity index (χ1) is 8.10. The van der Waals surface area contributed by atoms with Crippen molar-refractivity contribution in [2.45, 2.75) is 6.92 Å². The maximum Gasteiger partial charge on any atom is 0.161 e. The Balaban J connectivity index is 3.01. The van der Waals surface area contributed by atoms with E-state index in [-0.39, 0.29) is 12.4 Å². The number of carbonyl (C=O) groups is 1. The Hall–Kier alpha value is -1.32. The summed E-state index contributed by atoms with van der Waals surface area (Å²) in [6.45, 7) is 6.33. The molecule has 3 nitrogen and oxygen atoms in total. The fourth-order valence-electron chi connectivity index (χ4n) is 1.59. The van der Waals surface area contributed by atoms with Crippen LogP contribution in [0, 0.1) is 0 Å². The highest BCUT2D eigenvalue weighted by atomic mass is 35.5. The zero-order valence-electron chi connectivity index (χ0n) is 9.82. The monoisotopic (exact) mass is 253 g/mol. The molecular formula is C13H16ClNO2. The smallest absolute Gasteiger partial charge is 0.161 e. The summed E-state index contributed by atoms with van der Waals surface area (Å²) < 4.78 is 0. The van der Waals surface area contributed by atoms with E-state index in [4.69, 9.17) is 16.7 Å². The first kappa shape index (κ1) is 13.7. The van der Waals surface area contributed by atoms with Crippen molar-refractivity contribution in [3.8, 4) is 0 Å². The third-order valence-electron chi connectivity index (χ3n) is 2.42. The van der Waals surface area contributed by atoms with Gasteiger partial charge in [0.05, 0.1) is 11.6 Å². The van der Waals surface area contributed by atoms with Crippen LogP contribution >= 0.6 is 11.6 Å². The number of carbonyl (C=O) groups excluding carboxylic acids is 1. The lowest BCUT2D eigenvalue weighted by Crippen LogP contribution is -2.26. The number of aliphatic hydroxyl groups is 1. The van der Waals surface area contributed by atoms with Gasteiger partial charge in [-0.05, 0) is 25.1 Å². The molecule has 0 amide bonds. The van der Waals surface area contributed by atoms with Crippen LogP contribution in [0.4, 0.5) is 5.69 Å². The van der Waals surface area contributed by atoms with Crippen molar-refractivity contribution in [2.24, 2.45) is 0 Å². The van der Waals surface area contributed by atoms with E-state index in [0.717, 1.165) is 5.69 Å². The van der Waals surface area contributed by atoms with E-state index in [0.29, 0.717) is 23.7 Å². The van der Waals surface area contributed by atoms with Crippen LogP contribution in [0.3, 0.4) is 0 Å². The summed E-state index contributed by atoms with van der Waals surface area (Å²) in [5.41, 5.74) is 1.38. The van der Waals surface area contributed by atoms with Crippen molar-refractivity contribution in [1.29, 1.82) is 0 Å². The zero-order valence-corrected chi connectivity index (χ0v) is 10.6. The molecule has 0 aliphatic carbocycles. The number of Topliss-reactive ketones (excluding diaryl/α,β-unsaturated/α-hetero) is 1. The molecule has 17 heavy (non-hydrogen) atoms. The molecule has 0 unspecified atom stereocenters. The van der Waals surface area contributed by atoms with E-state index in [1.807, 2.05) is 11.0 Å². The molecule has 0 aromatic heterocycles. The van der Waals surface area contributed by atoms with Crippen LogP contribution in [-0.2, 0) is 0 Å². The third-order valence-corrected chi connectivity index (χ3v) is 2.73. The minimum absolute atomic E-state index is 0.0555. The summed E-state index contributed by atoms with van der Waals surface area (Å²) in [5.74, 6) is -0.0565. The van der Waals surface area contributed by atoms with E-state index in [1.165, 1.54) is 6.92 Å². The van der Waals surface area contributed by atoms with E-state index in [9.17, 15) is 4.79 Å². The molecule has 1 rings (SSSR count).